The number of rotatable bonds is 2. The van der Waals surface area contributed by atoms with Crippen LogP contribution in [0.5, 0.6) is 5.75 Å². The molecule has 0 fully saturated rings. The Kier molecular flexibility index (Phi) is 3.76. The Morgan fingerprint density at radius 2 is 1.81 bits per heavy atom. The second kappa shape index (κ2) is 5.23. The van der Waals surface area contributed by atoms with E-state index in [1.165, 1.54) is 0 Å². The van der Waals surface area contributed by atoms with Gasteiger partial charge in [0.05, 0.1) is 11.3 Å². The molecule has 0 aromatic carbocycles. The summed E-state index contributed by atoms with van der Waals surface area (Å²) in [5.74, 6) is 0.495. The standard InChI is InChI=1S/C14H14F3N3O/c1-7-8(2)13(19-9(3)12(7)21)20-11-6-10(4-5-18-11)14(15,16)17/h4-6,21H,1-3H3,(H,18,19,20). The molecule has 0 aliphatic rings. The van der Waals surface area contributed by atoms with E-state index < -0.39 is 11.7 Å². The van der Waals surface area contributed by atoms with Crippen molar-refractivity contribution in [1.29, 1.82) is 0 Å². The quantitative estimate of drug-likeness (QED) is 0.883. The first kappa shape index (κ1) is 15.1. The normalized spacial score (nSPS) is 11.5. The van der Waals surface area contributed by atoms with Crippen LogP contribution in [0.15, 0.2) is 18.3 Å². The van der Waals surface area contributed by atoms with Gasteiger partial charge in [-0.15, -0.1) is 0 Å². The Bertz CT molecular complexity index is 684. The summed E-state index contributed by atoms with van der Waals surface area (Å²) < 4.78 is 38.0. The fourth-order valence-electron chi connectivity index (χ4n) is 1.85. The summed E-state index contributed by atoms with van der Waals surface area (Å²) in [6, 6.07) is 1.82. The molecule has 2 aromatic rings. The van der Waals surface area contributed by atoms with Crippen LogP contribution >= 0.6 is 0 Å². The van der Waals surface area contributed by atoms with E-state index in [0.29, 0.717) is 22.6 Å². The minimum Gasteiger partial charge on any atom is -0.506 e. The van der Waals surface area contributed by atoms with Crippen LogP contribution in [0, 0.1) is 20.8 Å². The number of hydrogen-bond acceptors (Lipinski definition) is 4. The molecule has 0 spiro atoms. The third kappa shape index (κ3) is 3.07. The summed E-state index contributed by atoms with van der Waals surface area (Å²) in [5.41, 5.74) is 0.881. The maximum Gasteiger partial charge on any atom is 0.416 e. The van der Waals surface area contributed by atoms with Crippen molar-refractivity contribution in [1.82, 2.24) is 9.97 Å². The maximum atomic E-state index is 12.7. The molecule has 112 valence electrons. The van der Waals surface area contributed by atoms with E-state index in [1.54, 1.807) is 20.8 Å². The first-order chi connectivity index (χ1) is 9.70. The highest BCUT2D eigenvalue weighted by Gasteiger charge is 2.30. The van der Waals surface area contributed by atoms with E-state index >= 15 is 0 Å². The molecule has 0 saturated heterocycles. The van der Waals surface area contributed by atoms with Crippen LogP contribution in [0.3, 0.4) is 0 Å². The molecule has 0 unspecified atom stereocenters. The number of halogens is 3. The average molecular weight is 297 g/mol. The topological polar surface area (TPSA) is 58.0 Å². The van der Waals surface area contributed by atoms with E-state index in [1.807, 2.05) is 0 Å². The molecule has 0 atom stereocenters. The van der Waals surface area contributed by atoms with Gasteiger partial charge in [-0.3, -0.25) is 0 Å². The van der Waals surface area contributed by atoms with Crippen LogP contribution in [0.4, 0.5) is 24.8 Å². The number of aromatic nitrogens is 2. The van der Waals surface area contributed by atoms with Crippen molar-refractivity contribution < 1.29 is 18.3 Å². The van der Waals surface area contributed by atoms with E-state index in [0.717, 1.165) is 18.3 Å². The fourth-order valence-corrected chi connectivity index (χ4v) is 1.85. The summed E-state index contributed by atoms with van der Waals surface area (Å²) in [5, 5.41) is 12.5. The molecule has 0 aliphatic heterocycles. The van der Waals surface area contributed by atoms with E-state index in [2.05, 4.69) is 15.3 Å². The zero-order valence-electron chi connectivity index (χ0n) is 11.7. The molecule has 0 bridgehead atoms. The van der Waals surface area contributed by atoms with Crippen molar-refractivity contribution in [2.75, 3.05) is 5.32 Å². The van der Waals surface area contributed by atoms with E-state index in [4.69, 9.17) is 0 Å². The van der Waals surface area contributed by atoms with Crippen LogP contribution in [0.1, 0.15) is 22.4 Å². The fraction of sp³-hybridized carbons (Fsp3) is 0.286. The van der Waals surface area contributed by atoms with Crippen LogP contribution in [0.2, 0.25) is 0 Å². The molecule has 2 heterocycles. The van der Waals surface area contributed by atoms with Gasteiger partial charge in [-0.1, -0.05) is 0 Å². The predicted molar refractivity (Wildman–Crippen MR) is 72.6 cm³/mol. The lowest BCUT2D eigenvalue weighted by molar-refractivity contribution is -0.137. The molecular formula is C14H14F3N3O. The van der Waals surface area contributed by atoms with E-state index in [9.17, 15) is 18.3 Å². The van der Waals surface area contributed by atoms with Crippen LogP contribution in [-0.2, 0) is 6.18 Å². The summed E-state index contributed by atoms with van der Waals surface area (Å²) in [4.78, 5) is 8.00. The number of nitrogens with zero attached hydrogens (tertiary/aromatic N) is 2. The first-order valence-corrected chi connectivity index (χ1v) is 6.17. The molecule has 21 heavy (non-hydrogen) atoms. The Balaban J connectivity index is 2.40. The van der Waals surface area contributed by atoms with Gasteiger partial charge in [0.1, 0.15) is 17.4 Å². The first-order valence-electron chi connectivity index (χ1n) is 6.17. The maximum absolute atomic E-state index is 12.7. The molecule has 2 aromatic heterocycles. The van der Waals surface area contributed by atoms with Gasteiger partial charge in [0, 0.05) is 6.20 Å². The molecule has 2 rings (SSSR count). The smallest absolute Gasteiger partial charge is 0.416 e. The van der Waals surface area contributed by atoms with Crippen LogP contribution in [0.25, 0.3) is 0 Å². The Hall–Kier alpha value is -2.31. The van der Waals surface area contributed by atoms with Gasteiger partial charge in [0.25, 0.3) is 0 Å². The molecule has 0 radical (unpaired) electrons. The average Bonchev–Trinajstić information content (AvgIpc) is 2.42. The highest BCUT2D eigenvalue weighted by Crippen LogP contribution is 2.32. The van der Waals surface area contributed by atoms with Crippen molar-refractivity contribution >= 4 is 11.6 Å². The second-order valence-corrected chi connectivity index (χ2v) is 4.70. The zero-order valence-corrected chi connectivity index (χ0v) is 11.7. The van der Waals surface area contributed by atoms with Gasteiger partial charge in [-0.2, -0.15) is 13.2 Å². The van der Waals surface area contributed by atoms with Gasteiger partial charge < -0.3 is 10.4 Å². The van der Waals surface area contributed by atoms with E-state index in [-0.39, 0.29) is 11.6 Å². The lowest BCUT2D eigenvalue weighted by Gasteiger charge is -2.14. The van der Waals surface area contributed by atoms with Crippen molar-refractivity contribution in [3.63, 3.8) is 0 Å². The molecular weight excluding hydrogens is 283 g/mol. The minimum absolute atomic E-state index is 0.0462. The number of pyridine rings is 2. The largest absolute Gasteiger partial charge is 0.506 e. The third-order valence-electron chi connectivity index (χ3n) is 3.23. The Morgan fingerprint density at radius 3 is 2.43 bits per heavy atom. The van der Waals surface area contributed by atoms with Crippen LogP contribution < -0.4 is 5.32 Å². The van der Waals surface area contributed by atoms with Crippen LogP contribution in [-0.4, -0.2) is 15.1 Å². The summed E-state index contributed by atoms with van der Waals surface area (Å²) >= 11 is 0. The van der Waals surface area contributed by atoms with Crippen molar-refractivity contribution in [3.8, 4) is 5.75 Å². The minimum atomic E-state index is -4.43. The van der Waals surface area contributed by atoms with Gasteiger partial charge in [0.2, 0.25) is 0 Å². The summed E-state index contributed by atoms with van der Waals surface area (Å²) in [6.07, 6.45) is -3.34. The van der Waals surface area contributed by atoms with Gasteiger partial charge in [-0.05, 0) is 44.0 Å². The predicted octanol–water partition coefficient (Wildman–Crippen LogP) is 3.87. The number of aryl methyl sites for hydroxylation is 1. The summed E-state index contributed by atoms with van der Waals surface area (Å²) in [7, 11) is 0. The highest BCUT2D eigenvalue weighted by molar-refractivity contribution is 5.61. The van der Waals surface area contributed by atoms with Gasteiger partial charge in [0.15, 0.2) is 0 Å². The molecule has 0 saturated carbocycles. The number of alkyl halides is 3. The molecule has 4 nitrogen and oxygen atoms in total. The van der Waals surface area contributed by atoms with Crippen molar-refractivity contribution in [2.45, 2.75) is 26.9 Å². The highest BCUT2D eigenvalue weighted by atomic mass is 19.4. The molecule has 7 heteroatoms. The monoisotopic (exact) mass is 297 g/mol. The second-order valence-electron chi connectivity index (χ2n) is 4.70. The Morgan fingerprint density at radius 1 is 1.14 bits per heavy atom. The van der Waals surface area contributed by atoms with Gasteiger partial charge >= 0.3 is 6.18 Å². The lowest BCUT2D eigenvalue weighted by Crippen LogP contribution is -2.07. The Labute approximate surface area is 119 Å². The third-order valence-corrected chi connectivity index (χ3v) is 3.23. The SMILES string of the molecule is Cc1nc(Nc2cc(C(F)(F)F)ccn2)c(C)c(C)c1O. The number of anilines is 2. The number of hydrogen-bond donors (Lipinski definition) is 2. The van der Waals surface area contributed by atoms with Gasteiger partial charge in [-0.25, -0.2) is 9.97 Å². The zero-order chi connectivity index (χ0) is 15.8. The number of nitrogens with one attached hydrogen (secondary N) is 1. The molecule has 2 N–H and O–H groups in total. The summed E-state index contributed by atoms with van der Waals surface area (Å²) in [6.45, 7) is 5.05. The molecule has 0 aliphatic carbocycles. The molecule has 0 amide bonds. The lowest BCUT2D eigenvalue weighted by atomic mass is 10.1. The van der Waals surface area contributed by atoms with Crippen molar-refractivity contribution in [2.24, 2.45) is 0 Å². The number of aromatic hydroxyl groups is 1. The van der Waals surface area contributed by atoms with Crippen molar-refractivity contribution in [3.05, 3.63) is 40.7 Å².